The molecule has 1 aliphatic rings. The van der Waals surface area contributed by atoms with Crippen molar-refractivity contribution >= 4 is 16.6 Å². The monoisotopic (exact) mass is 494 g/mol. The number of hydrogen-bond donors (Lipinski definition) is 1. The van der Waals surface area contributed by atoms with E-state index in [9.17, 15) is 9.59 Å². The third kappa shape index (κ3) is 5.80. The molecule has 7 nitrogen and oxygen atoms in total. The molecule has 0 amide bonds. The van der Waals surface area contributed by atoms with Gasteiger partial charge < -0.3 is 13.6 Å². The molecule has 9 heteroatoms. The van der Waals surface area contributed by atoms with Crippen LogP contribution in [0.5, 0.6) is 0 Å². The highest BCUT2D eigenvalue weighted by Gasteiger charge is 2.53. The largest absolute Gasteiger partial charge is 0.409 e. The van der Waals surface area contributed by atoms with Gasteiger partial charge in [0.05, 0.1) is 6.10 Å². The molecule has 1 aromatic heterocycles. The highest BCUT2D eigenvalue weighted by molar-refractivity contribution is 6.74. The molecule has 0 radical (unpaired) electrons. The molecule has 1 N–H and O–H groups in total. The first-order chi connectivity index (χ1) is 14.8. The van der Waals surface area contributed by atoms with E-state index in [-0.39, 0.29) is 27.8 Å². The van der Waals surface area contributed by atoms with Crippen LogP contribution in [-0.4, -0.2) is 44.5 Å². The Morgan fingerprint density at radius 2 is 1.45 bits per heavy atom. The molecule has 0 aromatic carbocycles. The maximum atomic E-state index is 12.9. The van der Waals surface area contributed by atoms with Crippen molar-refractivity contribution < 1.29 is 13.6 Å². The zero-order valence-electron chi connectivity index (χ0n) is 22.4. The number of aromatic amines is 1. The molecule has 0 saturated carbocycles. The fourth-order valence-corrected chi connectivity index (χ4v) is 5.89. The molecule has 1 saturated heterocycles. The molecule has 1 aromatic rings. The average Bonchev–Trinajstić information content (AvgIpc) is 2.90. The Hall–Kier alpha value is -1.45. The topological polar surface area (TPSA) is 82.6 Å². The normalized spacial score (nSPS) is 24.5. The Morgan fingerprint density at radius 3 is 1.91 bits per heavy atom. The third-order valence-corrected chi connectivity index (χ3v) is 16.3. The van der Waals surface area contributed by atoms with E-state index >= 15 is 0 Å². The first kappa shape index (κ1) is 27.8. The number of rotatable bonds is 5. The number of aromatic nitrogens is 2. The molecule has 2 heterocycles. The van der Waals surface area contributed by atoms with Crippen molar-refractivity contribution in [3.63, 3.8) is 0 Å². The van der Waals surface area contributed by atoms with Gasteiger partial charge in [-0.05, 0) is 50.1 Å². The fraction of sp³-hybridized carbons (Fsp3) is 0.750. The van der Waals surface area contributed by atoms with Gasteiger partial charge in [0.2, 0.25) is 0 Å². The molecular formula is C24H42N2O5Si2. The van der Waals surface area contributed by atoms with E-state index < -0.39 is 40.2 Å². The first-order valence-corrected chi connectivity index (χ1v) is 17.4. The molecule has 0 unspecified atom stereocenters. The van der Waals surface area contributed by atoms with Gasteiger partial charge in [0.15, 0.2) is 22.9 Å². The lowest BCUT2D eigenvalue weighted by molar-refractivity contribution is -0.0312. The Bertz CT molecular complexity index is 1030. The summed E-state index contributed by atoms with van der Waals surface area (Å²) < 4.78 is 21.5. The molecule has 1 aliphatic heterocycles. The Morgan fingerprint density at radius 1 is 0.970 bits per heavy atom. The van der Waals surface area contributed by atoms with Crippen LogP contribution in [-0.2, 0) is 13.6 Å². The molecule has 2 rings (SSSR count). The minimum atomic E-state index is -2.25. The quantitative estimate of drug-likeness (QED) is 0.478. The Labute approximate surface area is 200 Å². The molecule has 0 bridgehead atoms. The number of nitrogens with zero attached hydrogens (tertiary/aromatic N) is 1. The smallest absolute Gasteiger partial charge is 0.330 e. The number of ether oxygens (including phenoxy) is 1. The standard InChI is InChI=1S/C24H42N2O5Si2/c1-13-14-17-15-26(22(28)25-20(17)27)21-19(31-33(11,12)24(6,7)8)18(16(2)29-21)30-32(9,10)23(3,4)5/h15-16,18-19,21H,1-12H3,(H,25,27,28)/t16-,18-,19-,21-/m1/s1. The van der Waals surface area contributed by atoms with Crippen LogP contribution in [0.3, 0.4) is 0 Å². The molecule has 4 atom stereocenters. The van der Waals surface area contributed by atoms with Gasteiger partial charge in [0, 0.05) is 6.20 Å². The van der Waals surface area contributed by atoms with Crippen molar-refractivity contribution in [2.45, 2.75) is 116 Å². The molecule has 1 fully saturated rings. The summed E-state index contributed by atoms with van der Waals surface area (Å²) in [4.78, 5) is 27.4. The minimum Gasteiger partial charge on any atom is -0.409 e. The van der Waals surface area contributed by atoms with Crippen LogP contribution in [0.1, 0.15) is 67.2 Å². The van der Waals surface area contributed by atoms with Crippen molar-refractivity contribution in [1.29, 1.82) is 0 Å². The van der Waals surface area contributed by atoms with Crippen LogP contribution in [0.4, 0.5) is 0 Å². The summed E-state index contributed by atoms with van der Waals surface area (Å²) >= 11 is 0. The van der Waals surface area contributed by atoms with Gasteiger partial charge in [0.25, 0.3) is 5.56 Å². The lowest BCUT2D eigenvalue weighted by Crippen LogP contribution is -2.53. The van der Waals surface area contributed by atoms with E-state index in [0.29, 0.717) is 0 Å². The summed E-state index contributed by atoms with van der Waals surface area (Å²) in [5.41, 5.74) is -0.837. The van der Waals surface area contributed by atoms with E-state index in [1.54, 1.807) is 6.92 Å². The highest BCUT2D eigenvalue weighted by atomic mass is 28.4. The van der Waals surface area contributed by atoms with Crippen LogP contribution in [0, 0.1) is 11.8 Å². The summed E-state index contributed by atoms with van der Waals surface area (Å²) in [6.07, 6.45) is -0.388. The molecule has 0 spiro atoms. The Balaban J connectivity index is 2.63. The van der Waals surface area contributed by atoms with Crippen molar-refractivity contribution in [2.24, 2.45) is 0 Å². The van der Waals surface area contributed by atoms with Gasteiger partial charge in [-0.2, -0.15) is 0 Å². The first-order valence-electron chi connectivity index (χ1n) is 11.6. The van der Waals surface area contributed by atoms with Crippen LogP contribution >= 0.6 is 0 Å². The van der Waals surface area contributed by atoms with Crippen LogP contribution in [0.2, 0.25) is 36.3 Å². The van der Waals surface area contributed by atoms with Gasteiger partial charge in [-0.15, -0.1) is 5.92 Å². The van der Waals surface area contributed by atoms with E-state index in [2.05, 4.69) is 84.6 Å². The number of hydrogen-bond acceptors (Lipinski definition) is 5. The maximum Gasteiger partial charge on any atom is 0.330 e. The van der Waals surface area contributed by atoms with E-state index in [1.165, 1.54) is 10.8 Å². The second-order valence-corrected chi connectivity index (χ2v) is 21.5. The van der Waals surface area contributed by atoms with Gasteiger partial charge in [-0.1, -0.05) is 47.5 Å². The van der Waals surface area contributed by atoms with Crippen molar-refractivity contribution in [3.05, 3.63) is 32.6 Å². The maximum absolute atomic E-state index is 12.9. The SMILES string of the molecule is CC#Cc1cn([C@@H]2O[C@H](C)[C@@H](O[Si](C)(C)C(C)(C)C)[C@H]2O[Si](C)(C)C(C)(C)C)c(=O)[nH]c1=O. The predicted molar refractivity (Wildman–Crippen MR) is 138 cm³/mol. The van der Waals surface area contributed by atoms with E-state index in [0.717, 1.165) is 0 Å². The summed E-state index contributed by atoms with van der Waals surface area (Å²) in [6.45, 7) is 25.5. The van der Waals surface area contributed by atoms with Crippen molar-refractivity contribution in [1.82, 2.24) is 9.55 Å². The van der Waals surface area contributed by atoms with Crippen molar-refractivity contribution in [2.75, 3.05) is 0 Å². The molecule has 186 valence electrons. The van der Waals surface area contributed by atoms with E-state index in [4.69, 9.17) is 13.6 Å². The van der Waals surface area contributed by atoms with Crippen molar-refractivity contribution in [3.8, 4) is 11.8 Å². The zero-order chi connectivity index (χ0) is 25.6. The van der Waals surface area contributed by atoms with Crippen LogP contribution in [0.25, 0.3) is 0 Å². The summed E-state index contributed by atoms with van der Waals surface area (Å²) in [5.74, 6) is 5.50. The second kappa shape index (κ2) is 9.30. The van der Waals surface area contributed by atoms with Crippen LogP contribution in [0.15, 0.2) is 15.8 Å². The Kier molecular flexibility index (Phi) is 7.84. The third-order valence-electron chi connectivity index (χ3n) is 7.40. The molecular weight excluding hydrogens is 452 g/mol. The zero-order valence-corrected chi connectivity index (χ0v) is 24.4. The highest BCUT2D eigenvalue weighted by Crippen LogP contribution is 2.45. The van der Waals surface area contributed by atoms with Gasteiger partial charge in [-0.25, -0.2) is 4.79 Å². The average molecular weight is 495 g/mol. The lowest BCUT2D eigenvalue weighted by atomic mass is 10.1. The number of H-pyrrole nitrogens is 1. The predicted octanol–water partition coefficient (Wildman–Crippen LogP) is 4.61. The van der Waals surface area contributed by atoms with Gasteiger partial charge in [-0.3, -0.25) is 14.3 Å². The lowest BCUT2D eigenvalue weighted by Gasteiger charge is -2.44. The summed E-state index contributed by atoms with van der Waals surface area (Å²) in [5, 5.41) is -0.0370. The molecule has 0 aliphatic carbocycles. The van der Waals surface area contributed by atoms with Gasteiger partial charge in [0.1, 0.15) is 17.8 Å². The fourth-order valence-electron chi connectivity index (χ4n) is 3.25. The molecule has 33 heavy (non-hydrogen) atoms. The minimum absolute atomic E-state index is 0.00500. The summed E-state index contributed by atoms with van der Waals surface area (Å²) in [6, 6.07) is 0. The van der Waals surface area contributed by atoms with Gasteiger partial charge >= 0.3 is 5.69 Å². The van der Waals surface area contributed by atoms with E-state index in [1.807, 2.05) is 6.92 Å². The summed E-state index contributed by atoms with van der Waals surface area (Å²) in [7, 11) is -4.42. The number of nitrogens with one attached hydrogen (secondary N) is 1. The van der Waals surface area contributed by atoms with Crippen LogP contribution < -0.4 is 11.2 Å². The second-order valence-electron chi connectivity index (χ2n) is 12.0.